The minimum Gasteiger partial charge on any atom is -0.493 e. The summed E-state index contributed by atoms with van der Waals surface area (Å²) in [5.41, 5.74) is 1.10. The molecule has 2 bridgehead atoms. The lowest BCUT2D eigenvalue weighted by atomic mass is 10.2. The number of aliphatic hydroxyl groups is 1. The first-order valence-corrected chi connectivity index (χ1v) is 9.93. The number of ether oxygens (including phenoxy) is 3. The van der Waals surface area contributed by atoms with Crippen molar-refractivity contribution in [3.63, 3.8) is 0 Å². The van der Waals surface area contributed by atoms with Crippen molar-refractivity contribution in [1.82, 2.24) is 9.96 Å². The van der Waals surface area contributed by atoms with Crippen LogP contribution in [-0.2, 0) is 16.1 Å². The predicted octanol–water partition coefficient (Wildman–Crippen LogP) is 1.44. The van der Waals surface area contributed by atoms with E-state index < -0.39 is 6.10 Å². The Bertz CT molecular complexity index is 610. The number of rotatable bonds is 8. The Morgan fingerprint density at radius 1 is 1.22 bits per heavy atom. The minimum absolute atomic E-state index is 0.243. The van der Waals surface area contributed by atoms with Gasteiger partial charge in [0, 0.05) is 32.7 Å². The molecule has 3 fully saturated rings. The largest absolute Gasteiger partial charge is 0.493 e. The van der Waals surface area contributed by atoms with Crippen LogP contribution in [0.4, 0.5) is 0 Å². The van der Waals surface area contributed by atoms with Crippen molar-refractivity contribution in [3.8, 4) is 11.5 Å². The van der Waals surface area contributed by atoms with Crippen LogP contribution in [0.5, 0.6) is 11.5 Å². The van der Waals surface area contributed by atoms with E-state index in [2.05, 4.69) is 4.90 Å². The van der Waals surface area contributed by atoms with Crippen LogP contribution in [0.15, 0.2) is 18.2 Å². The Morgan fingerprint density at radius 2 is 2.04 bits per heavy atom. The fourth-order valence-corrected chi connectivity index (χ4v) is 4.14. The molecule has 0 spiro atoms. The minimum atomic E-state index is -0.544. The Labute approximate surface area is 160 Å². The van der Waals surface area contributed by atoms with Gasteiger partial charge in [0.2, 0.25) is 0 Å². The lowest BCUT2D eigenvalue weighted by Gasteiger charge is -2.33. The summed E-state index contributed by atoms with van der Waals surface area (Å²) in [5, 5.41) is 12.4. The van der Waals surface area contributed by atoms with Crippen molar-refractivity contribution in [2.75, 3.05) is 46.5 Å². The highest BCUT2D eigenvalue weighted by molar-refractivity contribution is 5.43. The first-order chi connectivity index (χ1) is 13.2. The number of hydrogen-bond donors (Lipinski definition) is 1. The monoisotopic (exact) mass is 378 g/mol. The van der Waals surface area contributed by atoms with Crippen molar-refractivity contribution >= 4 is 0 Å². The third-order valence-electron chi connectivity index (χ3n) is 5.43. The number of aliphatic hydroxyl groups excluding tert-OH is 1. The Kier molecular flexibility index (Phi) is 6.14. The van der Waals surface area contributed by atoms with Crippen LogP contribution in [0.1, 0.15) is 24.8 Å². The van der Waals surface area contributed by atoms with Gasteiger partial charge in [-0.15, -0.1) is 0 Å². The predicted molar refractivity (Wildman–Crippen MR) is 99.8 cm³/mol. The van der Waals surface area contributed by atoms with E-state index in [1.165, 1.54) is 0 Å². The molecule has 150 valence electrons. The van der Waals surface area contributed by atoms with Gasteiger partial charge in [0.25, 0.3) is 0 Å². The molecule has 0 aliphatic carbocycles. The summed E-state index contributed by atoms with van der Waals surface area (Å²) >= 11 is 0. The van der Waals surface area contributed by atoms with Gasteiger partial charge in [0.1, 0.15) is 12.7 Å². The van der Waals surface area contributed by atoms with Gasteiger partial charge in [-0.05, 0) is 37.0 Å². The number of fused-ring (bicyclic) bond motifs is 2. The third kappa shape index (κ3) is 4.92. The molecule has 1 N–H and O–H groups in total. The number of benzene rings is 1. The zero-order valence-corrected chi connectivity index (χ0v) is 16.0. The van der Waals surface area contributed by atoms with E-state index >= 15 is 0 Å². The lowest BCUT2D eigenvalue weighted by molar-refractivity contribution is -0.117. The maximum Gasteiger partial charge on any atom is 0.161 e. The molecule has 3 aliphatic rings. The van der Waals surface area contributed by atoms with Crippen LogP contribution >= 0.6 is 0 Å². The molecule has 4 rings (SSSR count). The zero-order valence-electron chi connectivity index (χ0n) is 16.0. The average Bonchev–Trinajstić information content (AvgIpc) is 3.29. The summed E-state index contributed by atoms with van der Waals surface area (Å²) < 4.78 is 17.2. The van der Waals surface area contributed by atoms with Gasteiger partial charge < -0.3 is 19.3 Å². The molecule has 0 aromatic heterocycles. The van der Waals surface area contributed by atoms with E-state index in [0.29, 0.717) is 30.3 Å². The highest BCUT2D eigenvalue weighted by Gasteiger charge is 2.34. The van der Waals surface area contributed by atoms with E-state index in [9.17, 15) is 5.11 Å². The van der Waals surface area contributed by atoms with Gasteiger partial charge in [0.05, 0.1) is 25.9 Å². The maximum absolute atomic E-state index is 10.4. The van der Waals surface area contributed by atoms with E-state index in [4.69, 9.17) is 19.0 Å². The summed E-state index contributed by atoms with van der Waals surface area (Å²) in [7, 11) is 1.63. The van der Waals surface area contributed by atoms with Crippen LogP contribution in [0.25, 0.3) is 0 Å². The number of nitrogens with zero attached hydrogens (tertiary/aromatic N) is 2. The standard InChI is InChI=1S/C20H30N2O5/c1-24-19-6-3-15(10-22-7-2-8-26-22)9-20(19)25-14-16(23)11-21-12-17-4-5-18(13-21)27-17/h3,6,9,16-18,23H,2,4-5,7-8,10-14H2,1H3/t16?,17-,18+. The van der Waals surface area contributed by atoms with Gasteiger partial charge in [-0.3, -0.25) is 9.74 Å². The second-order valence-corrected chi connectivity index (χ2v) is 7.68. The summed E-state index contributed by atoms with van der Waals surface area (Å²) in [6.45, 7) is 5.12. The summed E-state index contributed by atoms with van der Waals surface area (Å²) in [4.78, 5) is 7.85. The van der Waals surface area contributed by atoms with Crippen molar-refractivity contribution in [2.45, 2.75) is 44.1 Å². The van der Waals surface area contributed by atoms with Crippen molar-refractivity contribution in [1.29, 1.82) is 0 Å². The maximum atomic E-state index is 10.4. The second-order valence-electron chi connectivity index (χ2n) is 7.68. The number of methoxy groups -OCH3 is 1. The smallest absolute Gasteiger partial charge is 0.161 e. The van der Waals surface area contributed by atoms with Crippen molar-refractivity contribution in [3.05, 3.63) is 23.8 Å². The first-order valence-electron chi connectivity index (χ1n) is 9.93. The molecule has 1 aromatic rings. The van der Waals surface area contributed by atoms with Gasteiger partial charge in [-0.2, -0.15) is 5.06 Å². The number of hydrogen-bond acceptors (Lipinski definition) is 7. The number of morpholine rings is 1. The molecule has 3 aliphatic heterocycles. The highest BCUT2D eigenvalue weighted by atomic mass is 16.7. The van der Waals surface area contributed by atoms with Gasteiger partial charge in [-0.25, -0.2) is 0 Å². The van der Waals surface area contributed by atoms with E-state index in [1.807, 2.05) is 23.3 Å². The third-order valence-corrected chi connectivity index (χ3v) is 5.43. The summed E-state index contributed by atoms with van der Waals surface area (Å²) in [6.07, 6.45) is 3.46. The van der Waals surface area contributed by atoms with Gasteiger partial charge >= 0.3 is 0 Å². The molecular weight excluding hydrogens is 348 g/mol. The Balaban J connectivity index is 1.30. The molecule has 1 aromatic carbocycles. The molecule has 7 nitrogen and oxygen atoms in total. The molecule has 0 radical (unpaired) electrons. The van der Waals surface area contributed by atoms with Crippen LogP contribution in [-0.4, -0.2) is 79.9 Å². The quantitative estimate of drug-likeness (QED) is 0.734. The molecule has 27 heavy (non-hydrogen) atoms. The van der Waals surface area contributed by atoms with Gasteiger partial charge in [0.15, 0.2) is 11.5 Å². The van der Waals surface area contributed by atoms with E-state index in [0.717, 1.165) is 57.6 Å². The molecule has 0 amide bonds. The molecule has 1 unspecified atom stereocenters. The number of hydroxylamine groups is 2. The highest BCUT2D eigenvalue weighted by Crippen LogP contribution is 2.29. The number of likely N-dealkylation sites (tertiary alicyclic amines) is 1. The molecule has 7 heteroatoms. The molecule has 3 heterocycles. The topological polar surface area (TPSA) is 63.6 Å². The fraction of sp³-hybridized carbons (Fsp3) is 0.700. The number of β-amino-alcohol motifs (C(OH)–C–C–N with tert-alkyl or cyclic N) is 1. The van der Waals surface area contributed by atoms with Crippen LogP contribution in [0.2, 0.25) is 0 Å². The van der Waals surface area contributed by atoms with E-state index in [1.54, 1.807) is 7.11 Å². The first kappa shape index (κ1) is 19.0. The van der Waals surface area contributed by atoms with Crippen molar-refractivity contribution in [2.24, 2.45) is 0 Å². The molecule has 3 atom stereocenters. The molecular formula is C20H30N2O5. The van der Waals surface area contributed by atoms with Gasteiger partial charge in [-0.1, -0.05) is 6.07 Å². The Hall–Kier alpha value is -1.38. The summed E-state index contributed by atoms with van der Waals surface area (Å²) in [5.74, 6) is 1.34. The Morgan fingerprint density at radius 3 is 2.74 bits per heavy atom. The lowest BCUT2D eigenvalue weighted by Crippen LogP contribution is -2.46. The summed E-state index contributed by atoms with van der Waals surface area (Å²) in [6, 6.07) is 5.91. The molecule has 0 saturated carbocycles. The average molecular weight is 378 g/mol. The zero-order chi connectivity index (χ0) is 18.6. The SMILES string of the molecule is COc1ccc(CN2CCCO2)cc1OCC(O)CN1C[C@H]2CC[C@@H](C1)O2. The van der Waals surface area contributed by atoms with Crippen LogP contribution < -0.4 is 9.47 Å². The van der Waals surface area contributed by atoms with E-state index in [-0.39, 0.29) is 6.61 Å². The van der Waals surface area contributed by atoms with Crippen LogP contribution in [0, 0.1) is 0 Å². The second kappa shape index (κ2) is 8.75. The normalized spacial score (nSPS) is 27.0. The fourth-order valence-electron chi connectivity index (χ4n) is 4.14. The van der Waals surface area contributed by atoms with Crippen molar-refractivity contribution < 1.29 is 24.2 Å². The van der Waals surface area contributed by atoms with Crippen LogP contribution in [0.3, 0.4) is 0 Å². The molecule has 3 saturated heterocycles.